The van der Waals surface area contributed by atoms with Crippen LogP contribution in [0.25, 0.3) is 11.3 Å². The maximum atomic E-state index is 12.7. The van der Waals surface area contributed by atoms with Crippen LogP contribution in [0.4, 0.5) is 5.69 Å². The number of amides is 2. The van der Waals surface area contributed by atoms with Crippen molar-refractivity contribution in [2.45, 2.75) is 26.8 Å². The number of furan rings is 1. The van der Waals surface area contributed by atoms with E-state index in [-0.39, 0.29) is 22.2 Å². The number of hydrogen-bond donors (Lipinski definition) is 2. The molecule has 0 aliphatic heterocycles. The van der Waals surface area contributed by atoms with Crippen LogP contribution in [0.1, 0.15) is 35.5 Å². The molecule has 0 aliphatic rings. The average molecular weight is 517 g/mol. The third kappa shape index (κ3) is 6.26. The number of rotatable bonds is 8. The predicted octanol–water partition coefficient (Wildman–Crippen LogP) is 5.37. The first-order chi connectivity index (χ1) is 16.6. The number of carbonyl (C=O) groups excluding carboxylic acids is 2. The van der Waals surface area contributed by atoms with Crippen molar-refractivity contribution in [1.82, 2.24) is 10.7 Å². The molecular weight excluding hydrogens is 495 g/mol. The van der Waals surface area contributed by atoms with Gasteiger partial charge in [-0.25, -0.2) is 5.43 Å². The SMILES string of the molecule is Cc1c(-c2ccc(/C=N\NC(=O)[C@H](NC(=O)c3ccc(Cl)cc3Cl)C(C)C)o2)cccc1[N+](=O)[O-]. The Kier molecular flexibility index (Phi) is 8.26. The fraction of sp³-hybridized carbons (Fsp3) is 0.208. The smallest absolute Gasteiger partial charge is 0.273 e. The molecule has 35 heavy (non-hydrogen) atoms. The molecule has 2 N–H and O–H groups in total. The number of halogens is 2. The van der Waals surface area contributed by atoms with Crippen molar-refractivity contribution in [3.05, 3.63) is 85.6 Å². The topological polar surface area (TPSA) is 127 Å². The fourth-order valence-electron chi connectivity index (χ4n) is 3.31. The molecule has 3 rings (SSSR count). The van der Waals surface area contributed by atoms with Crippen molar-refractivity contribution in [2.75, 3.05) is 0 Å². The largest absolute Gasteiger partial charge is 0.455 e. The number of carbonyl (C=O) groups is 2. The molecule has 1 atom stereocenters. The van der Waals surface area contributed by atoms with Crippen LogP contribution in [-0.4, -0.2) is 29.0 Å². The van der Waals surface area contributed by atoms with E-state index in [0.717, 1.165) is 0 Å². The molecule has 2 amide bonds. The van der Waals surface area contributed by atoms with Gasteiger partial charge in [0, 0.05) is 22.2 Å². The van der Waals surface area contributed by atoms with E-state index < -0.39 is 22.8 Å². The van der Waals surface area contributed by atoms with Crippen molar-refractivity contribution < 1.29 is 18.9 Å². The number of nitrogens with one attached hydrogen (secondary N) is 2. The maximum absolute atomic E-state index is 12.7. The molecule has 182 valence electrons. The van der Waals surface area contributed by atoms with Gasteiger partial charge in [-0.3, -0.25) is 19.7 Å². The van der Waals surface area contributed by atoms with Crippen LogP contribution < -0.4 is 10.7 Å². The summed E-state index contributed by atoms with van der Waals surface area (Å²) in [7, 11) is 0. The van der Waals surface area contributed by atoms with Crippen LogP contribution in [0.3, 0.4) is 0 Å². The Balaban J connectivity index is 1.68. The Hall–Kier alpha value is -3.69. The number of benzene rings is 2. The van der Waals surface area contributed by atoms with Crippen molar-refractivity contribution in [2.24, 2.45) is 11.0 Å². The Bertz CT molecular complexity index is 1300. The third-order valence-electron chi connectivity index (χ3n) is 5.17. The summed E-state index contributed by atoms with van der Waals surface area (Å²) in [6.07, 6.45) is 1.29. The summed E-state index contributed by atoms with van der Waals surface area (Å²) in [5.41, 5.74) is 3.62. The van der Waals surface area contributed by atoms with Gasteiger partial charge in [-0.1, -0.05) is 49.2 Å². The molecule has 0 fully saturated rings. The van der Waals surface area contributed by atoms with E-state index in [9.17, 15) is 19.7 Å². The normalized spacial score (nSPS) is 12.1. The minimum atomic E-state index is -0.883. The van der Waals surface area contributed by atoms with E-state index in [1.54, 1.807) is 45.0 Å². The molecule has 0 aliphatic carbocycles. The summed E-state index contributed by atoms with van der Waals surface area (Å²) in [4.78, 5) is 36.0. The summed E-state index contributed by atoms with van der Waals surface area (Å²) < 4.78 is 5.70. The van der Waals surface area contributed by atoms with Gasteiger partial charge in [-0.2, -0.15) is 5.10 Å². The summed E-state index contributed by atoms with van der Waals surface area (Å²) in [6, 6.07) is 11.6. The highest BCUT2D eigenvalue weighted by Crippen LogP contribution is 2.30. The fourth-order valence-corrected chi connectivity index (χ4v) is 3.81. The Morgan fingerprint density at radius 2 is 1.89 bits per heavy atom. The second kappa shape index (κ2) is 11.2. The van der Waals surface area contributed by atoms with Gasteiger partial charge in [0.2, 0.25) is 0 Å². The molecule has 9 nitrogen and oxygen atoms in total. The van der Waals surface area contributed by atoms with Crippen LogP contribution in [-0.2, 0) is 4.79 Å². The van der Waals surface area contributed by atoms with Gasteiger partial charge in [0.25, 0.3) is 17.5 Å². The Morgan fingerprint density at radius 1 is 1.14 bits per heavy atom. The van der Waals surface area contributed by atoms with E-state index in [2.05, 4.69) is 15.8 Å². The molecule has 0 spiro atoms. The highest BCUT2D eigenvalue weighted by atomic mass is 35.5. The first-order valence-electron chi connectivity index (χ1n) is 10.5. The van der Waals surface area contributed by atoms with E-state index in [1.165, 1.54) is 30.5 Å². The van der Waals surface area contributed by atoms with Gasteiger partial charge >= 0.3 is 0 Å². The highest BCUT2D eigenvalue weighted by Gasteiger charge is 2.25. The molecule has 0 radical (unpaired) electrons. The van der Waals surface area contributed by atoms with Gasteiger partial charge in [-0.15, -0.1) is 0 Å². The minimum absolute atomic E-state index is 0.0111. The zero-order valence-electron chi connectivity index (χ0n) is 19.0. The lowest BCUT2D eigenvalue weighted by molar-refractivity contribution is -0.385. The number of nitrogens with zero attached hydrogens (tertiary/aromatic N) is 2. The van der Waals surface area contributed by atoms with Gasteiger partial charge in [0.05, 0.1) is 21.7 Å². The molecule has 3 aromatic rings. The summed E-state index contributed by atoms with van der Waals surface area (Å²) in [5, 5.41) is 18.3. The van der Waals surface area contributed by atoms with E-state index in [0.29, 0.717) is 27.7 Å². The van der Waals surface area contributed by atoms with Crippen molar-refractivity contribution >= 4 is 46.9 Å². The van der Waals surface area contributed by atoms with Crippen LogP contribution in [0, 0.1) is 23.0 Å². The first kappa shape index (κ1) is 25.9. The number of nitro groups is 1. The molecule has 11 heteroatoms. The molecule has 0 saturated carbocycles. The second-order valence-corrected chi connectivity index (χ2v) is 8.81. The number of hydrazone groups is 1. The van der Waals surface area contributed by atoms with Crippen LogP contribution >= 0.6 is 23.2 Å². The zero-order chi connectivity index (χ0) is 25.7. The van der Waals surface area contributed by atoms with Crippen molar-refractivity contribution in [3.8, 4) is 11.3 Å². The van der Waals surface area contributed by atoms with Crippen LogP contribution in [0.5, 0.6) is 0 Å². The van der Waals surface area contributed by atoms with Crippen molar-refractivity contribution in [1.29, 1.82) is 0 Å². The highest BCUT2D eigenvalue weighted by molar-refractivity contribution is 6.36. The van der Waals surface area contributed by atoms with E-state index in [4.69, 9.17) is 27.6 Å². The van der Waals surface area contributed by atoms with E-state index in [1.807, 2.05) is 0 Å². The van der Waals surface area contributed by atoms with Gasteiger partial charge in [-0.05, 0) is 43.2 Å². The Morgan fingerprint density at radius 3 is 2.54 bits per heavy atom. The van der Waals surface area contributed by atoms with Gasteiger partial charge in [0.1, 0.15) is 17.6 Å². The lowest BCUT2D eigenvalue weighted by atomic mass is 10.0. The predicted molar refractivity (Wildman–Crippen MR) is 134 cm³/mol. The molecule has 0 saturated heterocycles. The number of nitro benzene ring substituents is 1. The molecule has 1 aromatic heterocycles. The Labute approximate surface area is 211 Å². The third-order valence-corrected chi connectivity index (χ3v) is 5.72. The standard InChI is InChI=1S/C24H22Cl2N4O5/c1-13(2)22(28-23(31)18-9-7-15(25)11-19(18)26)24(32)29-27-12-16-8-10-21(35-16)17-5-4-6-20(14(17)3)30(33)34/h4-13,22H,1-3H3,(H,28,31)(H,29,32)/b27-12-/t22-/m1/s1. The van der Waals surface area contributed by atoms with Crippen molar-refractivity contribution in [3.63, 3.8) is 0 Å². The van der Waals surface area contributed by atoms with Crippen LogP contribution in [0.2, 0.25) is 10.0 Å². The van der Waals surface area contributed by atoms with E-state index >= 15 is 0 Å². The second-order valence-electron chi connectivity index (χ2n) is 7.96. The van der Waals surface area contributed by atoms with Crippen LogP contribution in [0.15, 0.2) is 58.0 Å². The lowest BCUT2D eigenvalue weighted by Gasteiger charge is -2.20. The molecule has 2 aromatic carbocycles. The lowest BCUT2D eigenvalue weighted by Crippen LogP contribution is -2.48. The maximum Gasteiger partial charge on any atom is 0.273 e. The minimum Gasteiger partial charge on any atom is -0.455 e. The van der Waals surface area contributed by atoms with Gasteiger partial charge < -0.3 is 9.73 Å². The summed E-state index contributed by atoms with van der Waals surface area (Å²) in [6.45, 7) is 5.19. The molecular formula is C24H22Cl2N4O5. The van der Waals surface area contributed by atoms with Gasteiger partial charge in [0.15, 0.2) is 0 Å². The molecule has 1 heterocycles. The zero-order valence-corrected chi connectivity index (χ0v) is 20.6. The quantitative estimate of drug-likeness (QED) is 0.236. The number of hydrogen-bond acceptors (Lipinski definition) is 6. The summed E-state index contributed by atoms with van der Waals surface area (Å²) >= 11 is 12.0. The molecule has 0 unspecified atom stereocenters. The first-order valence-corrected chi connectivity index (χ1v) is 11.3. The molecule has 0 bridgehead atoms. The summed E-state index contributed by atoms with van der Waals surface area (Å²) in [5.74, 6) is -0.550. The average Bonchev–Trinajstić information content (AvgIpc) is 3.25. The monoisotopic (exact) mass is 516 g/mol.